The average Bonchev–Trinajstić information content (AvgIpc) is 2.43. The second-order valence-corrected chi connectivity index (χ2v) is 5.25. The van der Waals surface area contributed by atoms with Gasteiger partial charge in [0.15, 0.2) is 0 Å². The van der Waals surface area contributed by atoms with Gasteiger partial charge >= 0.3 is 0 Å². The molecule has 0 amide bonds. The third kappa shape index (κ3) is 3.40. The lowest BCUT2D eigenvalue weighted by Crippen LogP contribution is -2.73. The molecule has 1 heterocycles. The van der Waals surface area contributed by atoms with Crippen LogP contribution >= 0.6 is 34.2 Å². The molecule has 2 aromatic rings. The van der Waals surface area contributed by atoms with Gasteiger partial charge < -0.3 is 16.0 Å². The number of nitrogens with one attached hydrogen (secondary N) is 2. The summed E-state index contributed by atoms with van der Waals surface area (Å²) in [5.74, 6) is 0.454. The first kappa shape index (κ1) is 14.2. The average molecular weight is 389 g/mol. The van der Waals surface area contributed by atoms with E-state index in [0.29, 0.717) is 11.1 Å². The van der Waals surface area contributed by atoms with Gasteiger partial charge in [-0.1, -0.05) is 11.6 Å². The first-order valence-corrected chi connectivity index (χ1v) is 6.98. The van der Waals surface area contributed by atoms with Crippen LogP contribution in [0.5, 0.6) is 0 Å². The molecule has 0 fully saturated rings. The Morgan fingerprint density at radius 2 is 2.26 bits per heavy atom. The zero-order chi connectivity index (χ0) is 13.8. The number of nitrogens with zero attached hydrogens (tertiary/aromatic N) is 2. The summed E-state index contributed by atoms with van der Waals surface area (Å²) in [7, 11) is 1.93. The van der Waals surface area contributed by atoms with Crippen molar-refractivity contribution in [3.8, 4) is 0 Å². The second-order valence-electron chi connectivity index (χ2n) is 3.73. The lowest BCUT2D eigenvalue weighted by atomic mass is 10.1. The van der Waals surface area contributed by atoms with E-state index in [4.69, 9.17) is 17.0 Å². The van der Waals surface area contributed by atoms with Crippen molar-refractivity contribution in [1.29, 1.82) is 5.41 Å². The summed E-state index contributed by atoms with van der Waals surface area (Å²) < 4.78 is 0.812. The van der Waals surface area contributed by atoms with E-state index < -0.39 is 0 Å². The van der Waals surface area contributed by atoms with Crippen molar-refractivity contribution >= 4 is 57.7 Å². The molecule has 0 aliphatic rings. The summed E-state index contributed by atoms with van der Waals surface area (Å²) in [5.41, 5.74) is 2.71. The normalized spacial score (nSPS) is 10.3. The molecular weight excluding hydrogens is 377 g/mol. The summed E-state index contributed by atoms with van der Waals surface area (Å²) in [6.45, 7) is 0. The number of halogens is 2. The number of nitrogens with two attached hydrogens (primary N) is 1. The molecule has 0 unspecified atom stereocenters. The Kier molecular flexibility index (Phi) is 4.67. The van der Waals surface area contributed by atoms with Gasteiger partial charge in [-0.05, 0) is 34.7 Å². The zero-order valence-corrected chi connectivity index (χ0v) is 13.0. The maximum absolute atomic E-state index is 7.32. The number of aromatic nitrogens is 2. The smallest absolute Gasteiger partial charge is 0.228 e. The number of anilines is 2. The molecule has 7 heteroatoms. The van der Waals surface area contributed by atoms with Crippen molar-refractivity contribution in [2.24, 2.45) is 0 Å². The first-order chi connectivity index (χ1) is 9.13. The van der Waals surface area contributed by atoms with Crippen molar-refractivity contribution < 1.29 is 5.32 Å². The van der Waals surface area contributed by atoms with E-state index in [0.717, 1.165) is 20.5 Å². The predicted octanol–water partition coefficient (Wildman–Crippen LogP) is 2.30. The molecule has 1 aromatic heterocycles. The highest BCUT2D eigenvalue weighted by Crippen LogP contribution is 2.21. The Morgan fingerprint density at radius 3 is 2.89 bits per heavy atom. The van der Waals surface area contributed by atoms with E-state index in [2.05, 4.69) is 37.9 Å². The highest BCUT2D eigenvalue weighted by Gasteiger charge is 2.06. The van der Waals surface area contributed by atoms with E-state index in [1.807, 2.05) is 30.6 Å². The Morgan fingerprint density at radius 1 is 1.47 bits per heavy atom. The van der Waals surface area contributed by atoms with Crippen molar-refractivity contribution in [3.63, 3.8) is 0 Å². The first-order valence-electron chi connectivity index (χ1n) is 5.53. The van der Waals surface area contributed by atoms with Crippen molar-refractivity contribution in [2.75, 3.05) is 12.4 Å². The van der Waals surface area contributed by atoms with Gasteiger partial charge in [0.25, 0.3) is 0 Å². The number of hydrogen-bond acceptors (Lipinski definition) is 4. The quantitative estimate of drug-likeness (QED) is 0.325. The van der Waals surface area contributed by atoms with Crippen LogP contribution in [0.15, 0.2) is 24.4 Å². The third-order valence-corrected chi connectivity index (χ3v) is 3.91. The van der Waals surface area contributed by atoms with E-state index in [1.54, 1.807) is 6.20 Å². The van der Waals surface area contributed by atoms with Crippen LogP contribution in [0.25, 0.3) is 0 Å². The van der Waals surface area contributed by atoms with Crippen molar-refractivity contribution in [3.05, 3.63) is 38.7 Å². The summed E-state index contributed by atoms with van der Waals surface area (Å²) in [4.78, 5) is 8.31. The molecule has 0 aliphatic carbocycles. The highest BCUT2D eigenvalue weighted by atomic mass is 127. The minimum Gasteiger partial charge on any atom is -0.324 e. The van der Waals surface area contributed by atoms with Gasteiger partial charge in [-0.25, -0.2) is 4.98 Å². The largest absolute Gasteiger partial charge is 0.324 e. The summed E-state index contributed by atoms with van der Waals surface area (Å²) >= 11 is 8.03. The van der Waals surface area contributed by atoms with Crippen LogP contribution in [0.1, 0.15) is 5.56 Å². The van der Waals surface area contributed by atoms with Gasteiger partial charge in [0.2, 0.25) is 5.95 Å². The van der Waals surface area contributed by atoms with Gasteiger partial charge in [-0.3, -0.25) is 0 Å². The monoisotopic (exact) mass is 388 g/mol. The molecule has 0 saturated heterocycles. The lowest BCUT2D eigenvalue weighted by Gasteiger charge is -2.07. The van der Waals surface area contributed by atoms with E-state index in [9.17, 15) is 0 Å². The van der Waals surface area contributed by atoms with Crippen LogP contribution in [-0.2, 0) is 0 Å². The summed E-state index contributed by atoms with van der Waals surface area (Å²) in [5, 5.41) is 12.8. The maximum atomic E-state index is 7.32. The molecule has 5 nitrogen and oxygen atoms in total. The molecule has 2 rings (SSSR count). The molecule has 0 saturated carbocycles. The molecule has 0 aliphatic heterocycles. The van der Waals surface area contributed by atoms with Crippen LogP contribution in [0.2, 0.25) is 5.15 Å². The Labute approximate surface area is 129 Å². The molecule has 0 bridgehead atoms. The maximum Gasteiger partial charge on any atom is 0.228 e. The standard InChI is InChI=1S/C12H11ClIN5/c1-16-10-4-8(3-2-7(10)5-15)18-12-17-6-9(14)11(13)19-12/h2-6,15-16H,1H3,(H,17,18,19)/p+1. The van der Waals surface area contributed by atoms with Gasteiger partial charge in [-0.15, -0.1) is 0 Å². The SMILES string of the molecule is C[NH2+]c1cc(Nc2ncc(I)c(Cl)n2)ccc1C=N. The fourth-order valence-corrected chi connectivity index (χ4v) is 1.96. The number of benzene rings is 1. The Balaban J connectivity index is 2.27. The highest BCUT2D eigenvalue weighted by molar-refractivity contribution is 14.1. The molecule has 0 spiro atoms. The lowest BCUT2D eigenvalue weighted by molar-refractivity contribution is -0.539. The van der Waals surface area contributed by atoms with Crippen LogP contribution in [0.3, 0.4) is 0 Å². The molecule has 19 heavy (non-hydrogen) atoms. The van der Waals surface area contributed by atoms with Crippen molar-refractivity contribution in [2.45, 2.75) is 0 Å². The fourth-order valence-electron chi connectivity index (χ4n) is 1.57. The van der Waals surface area contributed by atoms with Crippen LogP contribution in [0, 0.1) is 8.98 Å². The van der Waals surface area contributed by atoms with Gasteiger partial charge in [-0.2, -0.15) is 4.98 Å². The third-order valence-electron chi connectivity index (χ3n) is 2.51. The minimum absolute atomic E-state index is 0.427. The molecule has 4 N–H and O–H groups in total. The second kappa shape index (κ2) is 6.27. The van der Waals surface area contributed by atoms with E-state index in [-0.39, 0.29) is 0 Å². The number of quaternary nitrogens is 1. The summed E-state index contributed by atoms with van der Waals surface area (Å²) in [6.07, 6.45) is 2.99. The molecule has 98 valence electrons. The van der Waals surface area contributed by atoms with Crippen molar-refractivity contribution in [1.82, 2.24) is 9.97 Å². The molecular formula is C12H12ClIN5+. The van der Waals surface area contributed by atoms with Crippen LogP contribution in [-0.4, -0.2) is 23.2 Å². The van der Waals surface area contributed by atoms with Crippen LogP contribution in [0.4, 0.5) is 17.3 Å². The topological polar surface area (TPSA) is 78.3 Å². The summed E-state index contributed by atoms with van der Waals surface area (Å²) in [6, 6.07) is 5.69. The molecule has 0 atom stereocenters. The fraction of sp³-hybridized carbons (Fsp3) is 0.0833. The Hall–Kier alpha value is -1.25. The molecule has 0 radical (unpaired) electrons. The van der Waals surface area contributed by atoms with E-state index in [1.165, 1.54) is 6.21 Å². The van der Waals surface area contributed by atoms with Gasteiger partial charge in [0.05, 0.1) is 16.2 Å². The van der Waals surface area contributed by atoms with Crippen LogP contribution < -0.4 is 10.6 Å². The minimum atomic E-state index is 0.427. The molecule has 1 aromatic carbocycles. The Bertz CT molecular complexity index is 617. The zero-order valence-electron chi connectivity index (χ0n) is 10.1. The number of hydrogen-bond donors (Lipinski definition) is 3. The number of rotatable bonds is 4. The van der Waals surface area contributed by atoms with E-state index >= 15 is 0 Å². The van der Waals surface area contributed by atoms with Gasteiger partial charge in [0, 0.05) is 24.2 Å². The van der Waals surface area contributed by atoms with Gasteiger partial charge in [0.1, 0.15) is 10.8 Å². The predicted molar refractivity (Wildman–Crippen MR) is 84.9 cm³/mol.